The Bertz CT molecular complexity index is 660. The summed E-state index contributed by atoms with van der Waals surface area (Å²) in [5, 5.41) is 0. The van der Waals surface area contributed by atoms with E-state index in [0.29, 0.717) is 0 Å². The molecule has 0 aliphatic carbocycles. The van der Waals surface area contributed by atoms with E-state index in [4.69, 9.17) is 0 Å². The second kappa shape index (κ2) is 5.10. The standard InChI is InChI=1S/C15H16N4/c1-2-18(12-13-6-4-3-5-7-13)14-15-17-9-11-19(15)10-8-16-14/h3-11H,2,12H2,1H3. The number of aromatic nitrogens is 3. The van der Waals surface area contributed by atoms with Gasteiger partial charge in [0.2, 0.25) is 0 Å². The quantitative estimate of drug-likeness (QED) is 0.716. The molecule has 96 valence electrons. The molecular weight excluding hydrogens is 236 g/mol. The van der Waals surface area contributed by atoms with Crippen LogP contribution in [0.4, 0.5) is 5.82 Å². The lowest BCUT2D eigenvalue weighted by molar-refractivity contribution is 0.811. The van der Waals surface area contributed by atoms with E-state index in [1.807, 2.05) is 29.1 Å². The van der Waals surface area contributed by atoms with Gasteiger partial charge in [-0.15, -0.1) is 0 Å². The molecule has 0 saturated carbocycles. The van der Waals surface area contributed by atoms with Crippen LogP contribution in [-0.4, -0.2) is 20.9 Å². The van der Waals surface area contributed by atoms with Gasteiger partial charge in [-0.05, 0) is 12.5 Å². The largest absolute Gasteiger partial charge is 0.349 e. The number of imidazole rings is 1. The van der Waals surface area contributed by atoms with Gasteiger partial charge >= 0.3 is 0 Å². The summed E-state index contributed by atoms with van der Waals surface area (Å²) in [5.41, 5.74) is 2.18. The van der Waals surface area contributed by atoms with Crippen LogP contribution in [-0.2, 0) is 6.54 Å². The number of fused-ring (bicyclic) bond motifs is 1. The summed E-state index contributed by atoms with van der Waals surface area (Å²) in [7, 11) is 0. The molecule has 0 amide bonds. The van der Waals surface area contributed by atoms with Crippen molar-refractivity contribution in [2.75, 3.05) is 11.4 Å². The van der Waals surface area contributed by atoms with Gasteiger partial charge in [-0.3, -0.25) is 0 Å². The third kappa shape index (κ3) is 2.29. The first kappa shape index (κ1) is 11.7. The smallest absolute Gasteiger partial charge is 0.180 e. The Kier molecular flexibility index (Phi) is 3.14. The minimum atomic E-state index is 0.844. The van der Waals surface area contributed by atoms with Crippen molar-refractivity contribution >= 4 is 11.5 Å². The van der Waals surface area contributed by atoms with Crippen LogP contribution in [0.25, 0.3) is 5.65 Å². The van der Waals surface area contributed by atoms with Gasteiger partial charge in [0.25, 0.3) is 0 Å². The number of benzene rings is 1. The Balaban J connectivity index is 1.96. The van der Waals surface area contributed by atoms with Gasteiger partial charge in [0.1, 0.15) is 0 Å². The number of hydrogen-bond acceptors (Lipinski definition) is 3. The SMILES string of the molecule is CCN(Cc1ccccc1)c1nccn2ccnc12. The fourth-order valence-electron chi connectivity index (χ4n) is 2.20. The number of nitrogens with zero attached hydrogens (tertiary/aromatic N) is 4. The molecule has 2 heterocycles. The van der Waals surface area contributed by atoms with Gasteiger partial charge in [0.05, 0.1) is 0 Å². The lowest BCUT2D eigenvalue weighted by Gasteiger charge is -2.22. The first-order valence-corrected chi connectivity index (χ1v) is 6.45. The second-order valence-corrected chi connectivity index (χ2v) is 4.41. The van der Waals surface area contributed by atoms with Crippen molar-refractivity contribution in [3.05, 3.63) is 60.7 Å². The highest BCUT2D eigenvalue weighted by molar-refractivity contribution is 5.63. The van der Waals surface area contributed by atoms with Crippen LogP contribution in [0.2, 0.25) is 0 Å². The van der Waals surface area contributed by atoms with E-state index in [0.717, 1.165) is 24.6 Å². The normalized spacial score (nSPS) is 10.8. The first-order chi connectivity index (χ1) is 9.38. The van der Waals surface area contributed by atoms with Crippen molar-refractivity contribution < 1.29 is 0 Å². The Labute approximate surface area is 112 Å². The molecule has 4 heteroatoms. The monoisotopic (exact) mass is 252 g/mol. The lowest BCUT2D eigenvalue weighted by atomic mass is 10.2. The van der Waals surface area contributed by atoms with Crippen molar-refractivity contribution in [2.24, 2.45) is 0 Å². The van der Waals surface area contributed by atoms with E-state index in [1.165, 1.54) is 5.56 Å². The lowest BCUT2D eigenvalue weighted by Crippen LogP contribution is -2.23. The molecule has 2 aromatic heterocycles. The topological polar surface area (TPSA) is 33.4 Å². The zero-order valence-electron chi connectivity index (χ0n) is 10.9. The zero-order valence-corrected chi connectivity index (χ0v) is 10.9. The Hall–Kier alpha value is -2.36. The molecule has 1 aromatic carbocycles. The summed E-state index contributed by atoms with van der Waals surface area (Å²) < 4.78 is 2.00. The van der Waals surface area contributed by atoms with Crippen LogP contribution < -0.4 is 4.90 Å². The molecule has 0 saturated heterocycles. The molecule has 0 bridgehead atoms. The summed E-state index contributed by atoms with van der Waals surface area (Å²) in [6, 6.07) is 10.4. The summed E-state index contributed by atoms with van der Waals surface area (Å²) in [6.45, 7) is 3.88. The molecule has 0 radical (unpaired) electrons. The third-order valence-electron chi connectivity index (χ3n) is 3.19. The molecular formula is C15H16N4. The number of rotatable bonds is 4. The van der Waals surface area contributed by atoms with E-state index in [2.05, 4.69) is 46.1 Å². The minimum absolute atomic E-state index is 0.844. The van der Waals surface area contributed by atoms with Crippen LogP contribution in [0.5, 0.6) is 0 Å². The second-order valence-electron chi connectivity index (χ2n) is 4.41. The fourth-order valence-corrected chi connectivity index (χ4v) is 2.20. The zero-order chi connectivity index (χ0) is 13.1. The molecule has 0 N–H and O–H groups in total. The first-order valence-electron chi connectivity index (χ1n) is 6.45. The van der Waals surface area contributed by atoms with Crippen LogP contribution in [0, 0.1) is 0 Å². The van der Waals surface area contributed by atoms with Crippen molar-refractivity contribution in [3.63, 3.8) is 0 Å². The van der Waals surface area contributed by atoms with Crippen LogP contribution in [0.1, 0.15) is 12.5 Å². The third-order valence-corrected chi connectivity index (χ3v) is 3.19. The molecule has 0 spiro atoms. The highest BCUT2D eigenvalue weighted by atomic mass is 15.2. The van der Waals surface area contributed by atoms with Gasteiger partial charge in [-0.1, -0.05) is 30.3 Å². The van der Waals surface area contributed by atoms with E-state index >= 15 is 0 Å². The minimum Gasteiger partial charge on any atom is -0.349 e. The summed E-state index contributed by atoms with van der Waals surface area (Å²) in [6.07, 6.45) is 7.48. The molecule has 19 heavy (non-hydrogen) atoms. The number of hydrogen-bond donors (Lipinski definition) is 0. The van der Waals surface area contributed by atoms with Crippen molar-refractivity contribution in [2.45, 2.75) is 13.5 Å². The van der Waals surface area contributed by atoms with Gasteiger partial charge in [-0.25, -0.2) is 9.97 Å². The maximum absolute atomic E-state index is 4.49. The fraction of sp³-hybridized carbons (Fsp3) is 0.200. The van der Waals surface area contributed by atoms with E-state index < -0.39 is 0 Å². The van der Waals surface area contributed by atoms with Crippen LogP contribution in [0.15, 0.2) is 55.1 Å². The molecule has 3 aromatic rings. The molecule has 0 aliphatic rings. The molecule has 0 unspecified atom stereocenters. The summed E-state index contributed by atoms with van der Waals surface area (Å²) in [5.74, 6) is 0.929. The van der Waals surface area contributed by atoms with Gasteiger partial charge in [-0.2, -0.15) is 0 Å². The average Bonchev–Trinajstić information content (AvgIpc) is 2.94. The predicted octanol–water partition coefficient (Wildman–Crippen LogP) is 2.76. The van der Waals surface area contributed by atoms with Crippen LogP contribution in [0.3, 0.4) is 0 Å². The van der Waals surface area contributed by atoms with E-state index in [9.17, 15) is 0 Å². The summed E-state index contributed by atoms with van der Waals surface area (Å²) >= 11 is 0. The summed E-state index contributed by atoms with van der Waals surface area (Å²) in [4.78, 5) is 11.1. The Morgan fingerprint density at radius 1 is 1.05 bits per heavy atom. The molecule has 0 aliphatic heterocycles. The molecule has 0 fully saturated rings. The van der Waals surface area contributed by atoms with E-state index in [-0.39, 0.29) is 0 Å². The maximum Gasteiger partial charge on any atom is 0.180 e. The molecule has 4 nitrogen and oxygen atoms in total. The number of anilines is 1. The van der Waals surface area contributed by atoms with Crippen molar-refractivity contribution in [1.29, 1.82) is 0 Å². The molecule has 3 rings (SSSR count). The van der Waals surface area contributed by atoms with Gasteiger partial charge < -0.3 is 9.30 Å². The predicted molar refractivity (Wildman–Crippen MR) is 76.2 cm³/mol. The van der Waals surface area contributed by atoms with Crippen LogP contribution >= 0.6 is 0 Å². The highest BCUT2D eigenvalue weighted by Gasteiger charge is 2.11. The average molecular weight is 252 g/mol. The van der Waals surface area contributed by atoms with Crippen molar-refractivity contribution in [1.82, 2.24) is 14.4 Å². The van der Waals surface area contributed by atoms with E-state index in [1.54, 1.807) is 6.20 Å². The highest BCUT2D eigenvalue weighted by Crippen LogP contribution is 2.18. The van der Waals surface area contributed by atoms with Gasteiger partial charge in [0, 0.05) is 37.9 Å². The Morgan fingerprint density at radius 3 is 2.53 bits per heavy atom. The molecule has 0 atom stereocenters. The maximum atomic E-state index is 4.49. The van der Waals surface area contributed by atoms with Crippen molar-refractivity contribution in [3.8, 4) is 0 Å². The Morgan fingerprint density at radius 2 is 1.79 bits per heavy atom. The van der Waals surface area contributed by atoms with Gasteiger partial charge in [0.15, 0.2) is 11.5 Å².